The number of rotatable bonds is 9. The summed E-state index contributed by atoms with van der Waals surface area (Å²) in [5.41, 5.74) is 4.44. The normalized spacial score (nSPS) is 17.9. The van der Waals surface area contributed by atoms with E-state index in [0.29, 0.717) is 11.5 Å². The zero-order chi connectivity index (χ0) is 23.2. The first-order valence-electron chi connectivity index (χ1n) is 12.4. The number of aryl methyl sites for hydroxylation is 1. The van der Waals surface area contributed by atoms with Crippen LogP contribution in [-0.2, 0) is 6.42 Å². The molecule has 3 heteroatoms. The van der Waals surface area contributed by atoms with Gasteiger partial charge in [-0.15, -0.1) is 0 Å². The molecular weight excluding hydrogens is 414 g/mol. The van der Waals surface area contributed by atoms with E-state index in [1.54, 1.807) is 12.1 Å². The Labute approximate surface area is 196 Å². The minimum Gasteiger partial charge on any atom is -0.487 e. The van der Waals surface area contributed by atoms with Crippen LogP contribution in [0.5, 0.6) is 5.75 Å². The van der Waals surface area contributed by atoms with Crippen molar-refractivity contribution in [3.05, 3.63) is 77.9 Å². The molecule has 174 valence electrons. The van der Waals surface area contributed by atoms with Gasteiger partial charge in [0.2, 0.25) is 5.82 Å². The number of halogens is 2. The van der Waals surface area contributed by atoms with E-state index in [1.807, 2.05) is 24.3 Å². The van der Waals surface area contributed by atoms with Crippen LogP contribution in [0.15, 0.2) is 60.7 Å². The van der Waals surface area contributed by atoms with Crippen LogP contribution >= 0.6 is 0 Å². The third-order valence-corrected chi connectivity index (χ3v) is 6.83. The maximum Gasteiger partial charge on any atom is 0.201 e. The van der Waals surface area contributed by atoms with E-state index < -0.39 is 11.6 Å². The molecule has 0 bridgehead atoms. The summed E-state index contributed by atoms with van der Waals surface area (Å²) in [5, 5.41) is 0. The van der Waals surface area contributed by atoms with Gasteiger partial charge in [0.25, 0.3) is 0 Å². The lowest BCUT2D eigenvalue weighted by atomic mass is 9.98. The molecule has 0 amide bonds. The molecule has 0 heterocycles. The summed E-state index contributed by atoms with van der Waals surface area (Å²) >= 11 is 0. The predicted octanol–water partition coefficient (Wildman–Crippen LogP) is 8.99. The highest BCUT2D eigenvalue weighted by Gasteiger charge is 2.27. The highest BCUT2D eigenvalue weighted by molar-refractivity contribution is 5.71. The summed E-state index contributed by atoms with van der Waals surface area (Å²) in [4.78, 5) is 0. The molecule has 1 aliphatic carbocycles. The van der Waals surface area contributed by atoms with E-state index in [0.717, 1.165) is 43.2 Å². The van der Waals surface area contributed by atoms with Gasteiger partial charge in [0.1, 0.15) is 0 Å². The van der Waals surface area contributed by atoms with Crippen molar-refractivity contribution in [1.82, 2.24) is 0 Å². The van der Waals surface area contributed by atoms with Crippen molar-refractivity contribution in [3.8, 4) is 28.0 Å². The molecule has 1 nitrogen and oxygen atoms in total. The molecule has 33 heavy (non-hydrogen) atoms. The van der Waals surface area contributed by atoms with Gasteiger partial charge in [-0.05, 0) is 72.4 Å². The third-order valence-electron chi connectivity index (χ3n) is 6.83. The monoisotopic (exact) mass is 448 g/mol. The fraction of sp³-hybridized carbons (Fsp3) is 0.400. The predicted molar refractivity (Wildman–Crippen MR) is 133 cm³/mol. The Kier molecular flexibility index (Phi) is 7.80. The Morgan fingerprint density at radius 3 is 2.09 bits per heavy atom. The molecule has 2 unspecified atom stereocenters. The maximum atomic E-state index is 14.9. The topological polar surface area (TPSA) is 9.23 Å². The molecule has 0 spiro atoms. The third kappa shape index (κ3) is 5.63. The van der Waals surface area contributed by atoms with Crippen LogP contribution in [0.4, 0.5) is 8.78 Å². The second-order valence-corrected chi connectivity index (χ2v) is 9.32. The fourth-order valence-corrected chi connectivity index (χ4v) is 4.92. The van der Waals surface area contributed by atoms with Crippen LogP contribution in [0.3, 0.4) is 0 Å². The van der Waals surface area contributed by atoms with Gasteiger partial charge < -0.3 is 4.74 Å². The number of hydrogen-bond donors (Lipinski definition) is 0. The number of ether oxygens (including phenoxy) is 1. The van der Waals surface area contributed by atoms with Gasteiger partial charge in [0.05, 0.1) is 6.10 Å². The molecule has 4 rings (SSSR count). The first kappa shape index (κ1) is 23.5. The summed E-state index contributed by atoms with van der Waals surface area (Å²) in [7, 11) is 0. The zero-order valence-electron chi connectivity index (χ0n) is 19.7. The average molecular weight is 449 g/mol. The lowest BCUT2D eigenvalue weighted by Crippen LogP contribution is -2.13. The van der Waals surface area contributed by atoms with E-state index in [-0.39, 0.29) is 17.4 Å². The summed E-state index contributed by atoms with van der Waals surface area (Å²) in [6, 6.07) is 19.4. The van der Waals surface area contributed by atoms with E-state index in [4.69, 9.17) is 4.74 Å². The van der Waals surface area contributed by atoms with Crippen LogP contribution in [0.25, 0.3) is 22.3 Å². The van der Waals surface area contributed by atoms with E-state index in [9.17, 15) is 8.78 Å². The Balaban J connectivity index is 1.46. The molecule has 0 radical (unpaired) electrons. The number of benzene rings is 3. The Morgan fingerprint density at radius 1 is 0.758 bits per heavy atom. The first-order chi connectivity index (χ1) is 16.1. The molecule has 1 fully saturated rings. The molecule has 0 N–H and O–H groups in total. The van der Waals surface area contributed by atoms with Crippen molar-refractivity contribution in [2.75, 3.05) is 0 Å². The van der Waals surface area contributed by atoms with Gasteiger partial charge in [-0.1, -0.05) is 81.6 Å². The smallest absolute Gasteiger partial charge is 0.201 e. The molecule has 1 saturated carbocycles. The van der Waals surface area contributed by atoms with Crippen LogP contribution in [0.1, 0.15) is 64.4 Å². The largest absolute Gasteiger partial charge is 0.487 e. The molecule has 2 atom stereocenters. The molecule has 3 aromatic carbocycles. The Morgan fingerprint density at radius 2 is 1.42 bits per heavy atom. The number of hydrogen-bond acceptors (Lipinski definition) is 1. The molecule has 0 saturated heterocycles. The van der Waals surface area contributed by atoms with Gasteiger partial charge in [-0.3, -0.25) is 0 Å². The molecule has 0 aliphatic heterocycles. The Bertz CT molecular complexity index is 1040. The minimum atomic E-state index is -0.891. The van der Waals surface area contributed by atoms with Crippen molar-refractivity contribution in [1.29, 1.82) is 0 Å². The van der Waals surface area contributed by atoms with Crippen molar-refractivity contribution >= 4 is 0 Å². The van der Waals surface area contributed by atoms with Crippen molar-refractivity contribution in [3.63, 3.8) is 0 Å². The van der Waals surface area contributed by atoms with Crippen LogP contribution in [-0.4, -0.2) is 6.10 Å². The highest BCUT2D eigenvalue weighted by Crippen LogP contribution is 2.35. The van der Waals surface area contributed by atoms with Crippen LogP contribution in [0.2, 0.25) is 0 Å². The van der Waals surface area contributed by atoms with Crippen molar-refractivity contribution < 1.29 is 13.5 Å². The first-order valence-corrected chi connectivity index (χ1v) is 12.4. The van der Waals surface area contributed by atoms with Gasteiger partial charge in [0, 0.05) is 5.56 Å². The minimum absolute atomic E-state index is 0.0195. The quantitative estimate of drug-likeness (QED) is 0.317. The van der Waals surface area contributed by atoms with Gasteiger partial charge >= 0.3 is 0 Å². The zero-order valence-corrected chi connectivity index (χ0v) is 19.7. The molecule has 1 aliphatic rings. The summed E-state index contributed by atoms with van der Waals surface area (Å²) in [6.45, 7) is 4.38. The van der Waals surface area contributed by atoms with E-state index in [2.05, 4.69) is 38.1 Å². The Hall–Kier alpha value is -2.68. The summed E-state index contributed by atoms with van der Waals surface area (Å²) in [5.74, 6) is -1.07. The summed E-state index contributed by atoms with van der Waals surface area (Å²) < 4.78 is 35.6. The van der Waals surface area contributed by atoms with Crippen LogP contribution in [0, 0.1) is 17.6 Å². The summed E-state index contributed by atoms with van der Waals surface area (Å²) in [6.07, 6.45) is 8.73. The van der Waals surface area contributed by atoms with Gasteiger partial charge in [-0.2, -0.15) is 4.39 Å². The second kappa shape index (κ2) is 11.0. The lowest BCUT2D eigenvalue weighted by Gasteiger charge is -2.16. The fourth-order valence-electron chi connectivity index (χ4n) is 4.92. The maximum absolute atomic E-state index is 14.9. The van der Waals surface area contributed by atoms with Crippen molar-refractivity contribution in [2.24, 2.45) is 5.92 Å². The molecular formula is C30H34F2O. The lowest BCUT2D eigenvalue weighted by molar-refractivity contribution is 0.192. The van der Waals surface area contributed by atoms with Crippen LogP contribution < -0.4 is 4.74 Å². The average Bonchev–Trinajstić information content (AvgIpc) is 3.28. The standard InChI is InChI=1S/C30H34F2O/c1-3-5-7-21-8-11-23(12-9-21)24-13-15-25(16-14-24)27-18-19-28(30(32)29(27)31)33-26-17-10-22(20-26)6-4-2/h8-9,11-16,18-19,22,26H,3-7,10,17,20H2,1-2H3. The highest BCUT2D eigenvalue weighted by atomic mass is 19.2. The molecule has 0 aromatic heterocycles. The SMILES string of the molecule is CCCCc1ccc(-c2ccc(-c3ccc(OC4CCC(CCC)C4)c(F)c3F)cc2)cc1. The van der Waals surface area contributed by atoms with Gasteiger partial charge in [0.15, 0.2) is 11.6 Å². The number of unbranched alkanes of at least 4 members (excludes halogenated alkanes) is 1. The second-order valence-electron chi connectivity index (χ2n) is 9.32. The van der Waals surface area contributed by atoms with E-state index >= 15 is 0 Å². The molecule has 3 aromatic rings. The van der Waals surface area contributed by atoms with Crippen molar-refractivity contribution in [2.45, 2.75) is 71.3 Å². The van der Waals surface area contributed by atoms with E-state index in [1.165, 1.54) is 24.8 Å². The van der Waals surface area contributed by atoms with Gasteiger partial charge in [-0.25, -0.2) is 4.39 Å².